The number of methoxy groups -OCH3 is 1. The minimum Gasteiger partial charge on any atom is -0.378 e. The molecule has 1 N–H and O–H groups in total. The number of nitrogens with one attached hydrogen (secondary N) is 1. The predicted octanol–water partition coefficient (Wildman–Crippen LogP) is 4.19. The van der Waals surface area contributed by atoms with E-state index in [9.17, 15) is 0 Å². The average molecular weight is 371 g/mol. The molecule has 0 spiro atoms. The molecule has 0 aliphatic heterocycles. The largest absolute Gasteiger partial charge is 0.378 e. The molecule has 0 aromatic carbocycles. The smallest absolute Gasteiger partial charge is 0.160 e. The summed E-state index contributed by atoms with van der Waals surface area (Å²) in [6.45, 7) is 0.575. The predicted molar refractivity (Wildman–Crippen MR) is 111 cm³/mol. The van der Waals surface area contributed by atoms with Gasteiger partial charge in [-0.1, -0.05) is 6.08 Å². The van der Waals surface area contributed by atoms with Crippen molar-refractivity contribution in [2.45, 2.75) is 13.0 Å². The number of fused-ring (bicyclic) bond motifs is 2. The van der Waals surface area contributed by atoms with E-state index in [1.807, 2.05) is 30.0 Å². The Balaban J connectivity index is 1.55. The summed E-state index contributed by atoms with van der Waals surface area (Å²) < 4.78 is 9.38. The summed E-state index contributed by atoms with van der Waals surface area (Å²) in [5.41, 5.74) is 8.50. The fourth-order valence-electron chi connectivity index (χ4n) is 3.70. The van der Waals surface area contributed by atoms with Gasteiger partial charge in [0.1, 0.15) is 0 Å². The Bertz CT molecular complexity index is 1200. The van der Waals surface area contributed by atoms with E-state index in [2.05, 4.69) is 62.6 Å². The average Bonchev–Trinajstić information content (AvgIpc) is 3.41. The minimum atomic E-state index is 0.575. The van der Waals surface area contributed by atoms with Crippen LogP contribution in [-0.4, -0.2) is 26.0 Å². The maximum Gasteiger partial charge on any atom is 0.160 e. The first-order chi connectivity index (χ1) is 13.7. The van der Waals surface area contributed by atoms with Gasteiger partial charge in [-0.2, -0.15) is 0 Å². The summed E-state index contributed by atoms with van der Waals surface area (Å²) in [5.74, 6) is 0. The van der Waals surface area contributed by atoms with Crippen molar-refractivity contribution >= 4 is 23.1 Å². The van der Waals surface area contributed by atoms with Crippen LogP contribution in [0.5, 0.6) is 0 Å². The van der Waals surface area contributed by atoms with Gasteiger partial charge in [-0.25, -0.2) is 4.98 Å². The molecule has 6 nitrogen and oxygen atoms in total. The molecule has 0 fully saturated rings. The fourth-order valence-corrected chi connectivity index (χ4v) is 3.70. The second-order valence-corrected chi connectivity index (χ2v) is 7.06. The highest BCUT2D eigenvalue weighted by atomic mass is 16.5. The number of hydrogen-bond acceptors (Lipinski definition) is 4. The Hall–Kier alpha value is -3.38. The molecule has 6 heteroatoms. The van der Waals surface area contributed by atoms with Crippen molar-refractivity contribution < 1.29 is 4.74 Å². The highest BCUT2D eigenvalue weighted by Crippen LogP contribution is 2.30. The Morgan fingerprint density at radius 1 is 1.14 bits per heavy atom. The number of aromatic nitrogens is 4. The van der Waals surface area contributed by atoms with Crippen LogP contribution in [0.15, 0.2) is 55.3 Å². The zero-order chi connectivity index (χ0) is 19.1. The van der Waals surface area contributed by atoms with E-state index in [4.69, 9.17) is 4.74 Å². The highest BCUT2D eigenvalue weighted by molar-refractivity contribution is 5.80. The molecule has 5 rings (SSSR count). The fraction of sp³-hybridized carbons (Fsp3) is 0.182. The molecular formula is C22H21N5O. The van der Waals surface area contributed by atoms with Crippen LogP contribution in [0.25, 0.3) is 22.9 Å². The summed E-state index contributed by atoms with van der Waals surface area (Å²) in [4.78, 5) is 9.12. The molecule has 0 amide bonds. The monoisotopic (exact) mass is 371 g/mol. The normalized spacial score (nSPS) is 12.6. The van der Waals surface area contributed by atoms with Gasteiger partial charge in [0, 0.05) is 62.0 Å². The number of allylic oxidation sites excluding steroid dienone is 1. The molecule has 0 atom stereocenters. The van der Waals surface area contributed by atoms with Crippen molar-refractivity contribution in [2.75, 3.05) is 12.4 Å². The Labute approximate surface area is 163 Å². The first-order valence-electron chi connectivity index (χ1n) is 9.25. The van der Waals surface area contributed by atoms with Crippen LogP contribution in [0, 0.1) is 0 Å². The third-order valence-electron chi connectivity index (χ3n) is 5.11. The van der Waals surface area contributed by atoms with Crippen molar-refractivity contribution in [3.63, 3.8) is 0 Å². The van der Waals surface area contributed by atoms with E-state index in [0.717, 1.165) is 46.0 Å². The minimum absolute atomic E-state index is 0.575. The van der Waals surface area contributed by atoms with Crippen molar-refractivity contribution in [1.29, 1.82) is 0 Å². The number of pyridine rings is 2. The van der Waals surface area contributed by atoms with E-state index < -0.39 is 0 Å². The zero-order valence-corrected chi connectivity index (χ0v) is 15.9. The molecule has 4 aromatic rings. The van der Waals surface area contributed by atoms with Gasteiger partial charge in [0.05, 0.1) is 23.7 Å². The third-order valence-corrected chi connectivity index (χ3v) is 5.11. The topological polar surface area (TPSA) is 56.4 Å². The number of rotatable bonds is 5. The molecule has 1 aliphatic carbocycles. The lowest BCUT2D eigenvalue weighted by Crippen LogP contribution is -1.97. The number of imidazole rings is 1. The summed E-state index contributed by atoms with van der Waals surface area (Å²) >= 11 is 0. The van der Waals surface area contributed by atoms with Crippen LogP contribution in [0.1, 0.15) is 17.0 Å². The van der Waals surface area contributed by atoms with Gasteiger partial charge in [-0.15, -0.1) is 0 Å². The van der Waals surface area contributed by atoms with Gasteiger partial charge >= 0.3 is 0 Å². The molecule has 0 saturated carbocycles. The number of anilines is 2. The molecule has 4 aromatic heterocycles. The molecule has 1 aliphatic rings. The van der Waals surface area contributed by atoms with Crippen LogP contribution >= 0.6 is 0 Å². The van der Waals surface area contributed by atoms with Gasteiger partial charge in [-0.05, 0) is 36.3 Å². The van der Waals surface area contributed by atoms with Crippen molar-refractivity contribution in [1.82, 2.24) is 18.9 Å². The lowest BCUT2D eigenvalue weighted by Gasteiger charge is -2.11. The van der Waals surface area contributed by atoms with Gasteiger partial charge in [0.25, 0.3) is 0 Å². The maximum absolute atomic E-state index is 5.27. The number of ether oxygens (including phenoxy) is 1. The first kappa shape index (κ1) is 16.8. The Morgan fingerprint density at radius 2 is 2.07 bits per heavy atom. The SMILES string of the molecule is COCc1cc(Nc2cc(-c3cnc4c(c3)CC=C4)cn3ccnc23)cn1C. The van der Waals surface area contributed by atoms with Crippen molar-refractivity contribution in [2.24, 2.45) is 7.05 Å². The van der Waals surface area contributed by atoms with Crippen molar-refractivity contribution in [3.05, 3.63) is 72.2 Å². The van der Waals surface area contributed by atoms with E-state index in [1.54, 1.807) is 7.11 Å². The van der Waals surface area contributed by atoms with Gasteiger partial charge in [0.15, 0.2) is 5.65 Å². The number of hydrogen-bond donors (Lipinski definition) is 1. The Kier molecular flexibility index (Phi) is 3.98. The number of nitrogens with zero attached hydrogens (tertiary/aromatic N) is 4. The van der Waals surface area contributed by atoms with Crippen molar-refractivity contribution in [3.8, 4) is 11.1 Å². The molecule has 28 heavy (non-hydrogen) atoms. The van der Waals surface area contributed by atoms with E-state index >= 15 is 0 Å². The molecule has 0 radical (unpaired) electrons. The van der Waals surface area contributed by atoms with E-state index in [1.165, 1.54) is 5.56 Å². The lowest BCUT2D eigenvalue weighted by atomic mass is 10.1. The molecule has 140 valence electrons. The standard InChI is InChI=1S/C22H21N5O/c1-26-13-18(10-19(26)14-28-2)25-21-9-17(12-27-7-6-23-22(21)27)16-8-15-4-3-5-20(15)24-11-16/h3,5-13,25H,4,14H2,1-2H3. The van der Waals surface area contributed by atoms with Crippen LogP contribution in [0.4, 0.5) is 11.4 Å². The molecular weight excluding hydrogens is 350 g/mol. The van der Waals surface area contributed by atoms with Crippen LogP contribution in [0.2, 0.25) is 0 Å². The van der Waals surface area contributed by atoms with Gasteiger partial charge in [0.2, 0.25) is 0 Å². The van der Waals surface area contributed by atoms with Crippen LogP contribution in [0.3, 0.4) is 0 Å². The molecule has 0 saturated heterocycles. The van der Waals surface area contributed by atoms with Gasteiger partial charge in [-0.3, -0.25) is 4.98 Å². The summed E-state index contributed by atoms with van der Waals surface area (Å²) in [7, 11) is 3.73. The van der Waals surface area contributed by atoms with Crippen LogP contribution < -0.4 is 5.32 Å². The third kappa shape index (κ3) is 2.88. The summed E-state index contributed by atoms with van der Waals surface area (Å²) in [5, 5.41) is 3.52. The summed E-state index contributed by atoms with van der Waals surface area (Å²) in [6.07, 6.45) is 15.1. The van der Waals surface area contributed by atoms with Crippen LogP contribution in [-0.2, 0) is 24.8 Å². The first-order valence-corrected chi connectivity index (χ1v) is 9.25. The number of aryl methyl sites for hydroxylation is 1. The Morgan fingerprint density at radius 3 is 2.96 bits per heavy atom. The highest BCUT2D eigenvalue weighted by Gasteiger charge is 2.12. The second kappa shape index (κ2) is 6.65. The lowest BCUT2D eigenvalue weighted by molar-refractivity contribution is 0.179. The van der Waals surface area contributed by atoms with E-state index in [-0.39, 0.29) is 0 Å². The quantitative estimate of drug-likeness (QED) is 0.571. The molecule has 0 bridgehead atoms. The zero-order valence-electron chi connectivity index (χ0n) is 15.9. The second-order valence-electron chi connectivity index (χ2n) is 7.06. The van der Waals surface area contributed by atoms with Gasteiger partial charge < -0.3 is 19.0 Å². The molecule has 0 unspecified atom stereocenters. The maximum atomic E-state index is 5.27. The summed E-state index contributed by atoms with van der Waals surface area (Å²) in [6, 6.07) is 6.46. The molecule has 4 heterocycles. The van der Waals surface area contributed by atoms with E-state index in [0.29, 0.717) is 6.61 Å².